The fraction of sp³-hybridized carbons (Fsp3) is 0.438. The number of nitrogens with zero attached hydrogens (tertiary/aromatic N) is 1. The van der Waals surface area contributed by atoms with E-state index in [-0.39, 0.29) is 18.6 Å². The summed E-state index contributed by atoms with van der Waals surface area (Å²) >= 11 is 0. The number of rotatable bonds is 4. The molecule has 1 rings (SSSR count). The van der Waals surface area contributed by atoms with Crippen molar-refractivity contribution in [2.24, 2.45) is 0 Å². The summed E-state index contributed by atoms with van der Waals surface area (Å²) in [6.07, 6.45) is 0. The van der Waals surface area contributed by atoms with Crippen molar-refractivity contribution in [3.63, 3.8) is 0 Å². The number of aliphatic hydroxyl groups excluding tert-OH is 1. The molecule has 1 atom stereocenters. The van der Waals surface area contributed by atoms with Crippen LogP contribution in [-0.2, 0) is 0 Å². The Hall–Kier alpha value is -1.83. The van der Waals surface area contributed by atoms with E-state index < -0.39 is 0 Å². The number of hydrogen-bond donors (Lipinski definition) is 2. The van der Waals surface area contributed by atoms with Gasteiger partial charge in [-0.25, -0.2) is 0 Å². The van der Waals surface area contributed by atoms with Gasteiger partial charge in [0, 0.05) is 23.7 Å². The fourth-order valence-corrected chi connectivity index (χ4v) is 1.98. The van der Waals surface area contributed by atoms with Crippen LogP contribution in [0.2, 0.25) is 0 Å². The van der Waals surface area contributed by atoms with Gasteiger partial charge in [0.15, 0.2) is 0 Å². The van der Waals surface area contributed by atoms with Gasteiger partial charge in [-0.2, -0.15) is 0 Å². The van der Waals surface area contributed by atoms with Crippen LogP contribution in [0, 0.1) is 18.8 Å². The fourth-order valence-electron chi connectivity index (χ4n) is 1.98. The lowest BCUT2D eigenvalue weighted by Crippen LogP contribution is -2.39. The van der Waals surface area contributed by atoms with E-state index in [9.17, 15) is 4.79 Å². The third-order valence-electron chi connectivity index (χ3n) is 2.81. The van der Waals surface area contributed by atoms with Crippen LogP contribution in [0.1, 0.15) is 28.4 Å². The van der Waals surface area contributed by atoms with Gasteiger partial charge in [0.25, 0.3) is 5.91 Å². The molecular weight excluding hydrogens is 252 g/mol. The molecule has 1 unspecified atom stereocenters. The van der Waals surface area contributed by atoms with Gasteiger partial charge in [-0.05, 0) is 45.6 Å². The van der Waals surface area contributed by atoms with Gasteiger partial charge in [-0.15, -0.1) is 0 Å². The predicted molar refractivity (Wildman–Crippen MR) is 80.6 cm³/mol. The summed E-state index contributed by atoms with van der Waals surface area (Å²) in [5.74, 6) is 5.31. The second-order valence-corrected chi connectivity index (χ2v) is 5.13. The summed E-state index contributed by atoms with van der Waals surface area (Å²) < 4.78 is 0. The first-order chi connectivity index (χ1) is 9.43. The number of benzene rings is 1. The second-order valence-electron chi connectivity index (χ2n) is 5.13. The van der Waals surface area contributed by atoms with Crippen LogP contribution in [0.15, 0.2) is 18.2 Å². The molecule has 20 heavy (non-hydrogen) atoms. The number of likely N-dealkylation sites (N-methyl/N-ethyl adjacent to an activating group) is 1. The third kappa shape index (κ3) is 5.04. The molecule has 0 fully saturated rings. The van der Waals surface area contributed by atoms with Gasteiger partial charge in [0.1, 0.15) is 6.61 Å². The Balaban J connectivity index is 2.86. The van der Waals surface area contributed by atoms with Crippen molar-refractivity contribution in [3.8, 4) is 11.8 Å². The molecule has 0 aromatic heterocycles. The van der Waals surface area contributed by atoms with Crippen LogP contribution in [-0.4, -0.2) is 49.2 Å². The Kier molecular flexibility index (Phi) is 6.23. The molecule has 0 spiro atoms. The molecule has 1 aromatic rings. The van der Waals surface area contributed by atoms with Crippen LogP contribution in [0.25, 0.3) is 0 Å². The minimum absolute atomic E-state index is 0.0732. The Morgan fingerprint density at radius 3 is 2.75 bits per heavy atom. The number of aliphatic hydroxyl groups is 1. The average molecular weight is 274 g/mol. The molecular formula is C16H22N2O2. The first-order valence-corrected chi connectivity index (χ1v) is 6.60. The molecule has 0 saturated heterocycles. The van der Waals surface area contributed by atoms with Gasteiger partial charge < -0.3 is 15.3 Å². The van der Waals surface area contributed by atoms with Crippen molar-refractivity contribution < 1.29 is 9.90 Å². The lowest BCUT2D eigenvalue weighted by Gasteiger charge is -2.19. The summed E-state index contributed by atoms with van der Waals surface area (Å²) in [4.78, 5) is 14.3. The van der Waals surface area contributed by atoms with Crippen LogP contribution in [0.4, 0.5) is 0 Å². The molecule has 0 aliphatic heterocycles. The summed E-state index contributed by atoms with van der Waals surface area (Å²) in [7, 11) is 3.94. The lowest BCUT2D eigenvalue weighted by molar-refractivity contribution is 0.0933. The number of carbonyl (C=O) groups excluding carboxylic acids is 1. The highest BCUT2D eigenvalue weighted by atomic mass is 16.2. The number of hydrogen-bond acceptors (Lipinski definition) is 3. The Bertz CT molecular complexity index is 527. The highest BCUT2D eigenvalue weighted by molar-refractivity contribution is 5.96. The van der Waals surface area contributed by atoms with Crippen molar-refractivity contribution in [2.75, 3.05) is 27.2 Å². The molecule has 4 heteroatoms. The van der Waals surface area contributed by atoms with Crippen molar-refractivity contribution in [2.45, 2.75) is 19.9 Å². The monoisotopic (exact) mass is 274 g/mol. The molecule has 108 valence electrons. The zero-order valence-electron chi connectivity index (χ0n) is 12.5. The quantitative estimate of drug-likeness (QED) is 0.806. The molecule has 0 aliphatic carbocycles. The van der Waals surface area contributed by atoms with Crippen molar-refractivity contribution in [1.82, 2.24) is 10.2 Å². The third-order valence-corrected chi connectivity index (χ3v) is 2.81. The van der Waals surface area contributed by atoms with Gasteiger partial charge in [0.2, 0.25) is 0 Å². The summed E-state index contributed by atoms with van der Waals surface area (Å²) in [6.45, 7) is 4.47. The number of aryl methyl sites for hydroxylation is 1. The van der Waals surface area contributed by atoms with E-state index in [2.05, 4.69) is 17.2 Å². The number of nitrogens with one attached hydrogen (secondary N) is 1. The SMILES string of the molecule is Cc1ccc(C#CCO)cc1C(=O)NC(C)CN(C)C. The zero-order valence-corrected chi connectivity index (χ0v) is 12.5. The minimum Gasteiger partial charge on any atom is -0.384 e. The first kappa shape index (κ1) is 16.2. The van der Waals surface area contributed by atoms with E-state index in [4.69, 9.17) is 5.11 Å². The highest BCUT2D eigenvalue weighted by Crippen LogP contribution is 2.11. The van der Waals surface area contributed by atoms with E-state index in [1.165, 1.54) is 0 Å². The van der Waals surface area contributed by atoms with Crippen molar-refractivity contribution in [3.05, 3.63) is 34.9 Å². The second kappa shape index (κ2) is 7.68. The largest absolute Gasteiger partial charge is 0.384 e. The summed E-state index contributed by atoms with van der Waals surface area (Å²) in [6, 6.07) is 5.55. The van der Waals surface area contributed by atoms with E-state index in [0.29, 0.717) is 5.56 Å². The Morgan fingerprint density at radius 1 is 1.45 bits per heavy atom. The zero-order chi connectivity index (χ0) is 15.1. The maximum absolute atomic E-state index is 12.3. The molecule has 1 aromatic carbocycles. The Labute approximate surface area is 120 Å². The molecule has 0 aliphatic rings. The van der Waals surface area contributed by atoms with Gasteiger partial charge in [-0.3, -0.25) is 4.79 Å². The molecule has 1 amide bonds. The van der Waals surface area contributed by atoms with Crippen LogP contribution in [0.3, 0.4) is 0 Å². The highest BCUT2D eigenvalue weighted by Gasteiger charge is 2.13. The molecule has 0 radical (unpaired) electrons. The first-order valence-electron chi connectivity index (χ1n) is 6.60. The van der Waals surface area contributed by atoms with Gasteiger partial charge in [-0.1, -0.05) is 17.9 Å². The van der Waals surface area contributed by atoms with Crippen LogP contribution >= 0.6 is 0 Å². The topological polar surface area (TPSA) is 52.6 Å². The van der Waals surface area contributed by atoms with E-state index in [1.807, 2.05) is 45.0 Å². The van der Waals surface area contributed by atoms with E-state index in [0.717, 1.165) is 17.7 Å². The standard InChI is InChI=1S/C16H22N2O2/c1-12-7-8-14(6-5-9-19)10-15(12)16(20)17-13(2)11-18(3)4/h7-8,10,13,19H,9,11H2,1-4H3,(H,17,20). The van der Waals surface area contributed by atoms with Crippen molar-refractivity contribution in [1.29, 1.82) is 0 Å². The Morgan fingerprint density at radius 2 is 2.15 bits per heavy atom. The smallest absolute Gasteiger partial charge is 0.251 e. The normalized spacial score (nSPS) is 11.7. The van der Waals surface area contributed by atoms with Gasteiger partial charge >= 0.3 is 0 Å². The van der Waals surface area contributed by atoms with E-state index >= 15 is 0 Å². The molecule has 0 bridgehead atoms. The summed E-state index contributed by atoms with van der Waals surface area (Å²) in [5.41, 5.74) is 2.27. The molecule has 0 saturated carbocycles. The minimum atomic E-state index is -0.185. The number of amides is 1. The summed E-state index contributed by atoms with van der Waals surface area (Å²) in [5, 5.41) is 11.7. The van der Waals surface area contributed by atoms with E-state index in [1.54, 1.807) is 6.07 Å². The molecule has 0 heterocycles. The van der Waals surface area contributed by atoms with Crippen LogP contribution < -0.4 is 5.32 Å². The average Bonchev–Trinajstić information content (AvgIpc) is 2.36. The van der Waals surface area contributed by atoms with Gasteiger partial charge in [0.05, 0.1) is 0 Å². The van der Waals surface area contributed by atoms with Crippen molar-refractivity contribution >= 4 is 5.91 Å². The van der Waals surface area contributed by atoms with Crippen LogP contribution in [0.5, 0.6) is 0 Å². The number of carbonyl (C=O) groups is 1. The maximum Gasteiger partial charge on any atom is 0.251 e. The predicted octanol–water partition coefficient (Wildman–Crippen LogP) is 1.02. The molecule has 2 N–H and O–H groups in total. The maximum atomic E-state index is 12.3. The lowest BCUT2D eigenvalue weighted by atomic mass is 10.0. The molecule has 4 nitrogen and oxygen atoms in total.